The van der Waals surface area contributed by atoms with Crippen molar-refractivity contribution in [3.05, 3.63) is 66.0 Å². The van der Waals surface area contributed by atoms with Crippen LogP contribution in [0.5, 0.6) is 17.2 Å². The highest BCUT2D eigenvalue weighted by Crippen LogP contribution is 2.22. The number of methoxy groups -OCH3 is 2. The Bertz CT molecular complexity index is 1040. The topological polar surface area (TPSA) is 94.9 Å². The Hall–Kier alpha value is -3.94. The fourth-order valence-corrected chi connectivity index (χ4v) is 2.71. The number of benzene rings is 2. The fraction of sp³-hybridized carbons (Fsp3) is 0.217. The van der Waals surface area contributed by atoms with Gasteiger partial charge < -0.3 is 14.2 Å². The molecule has 0 saturated carbocycles. The molecule has 0 spiro atoms. The van der Waals surface area contributed by atoms with E-state index in [-0.39, 0.29) is 11.8 Å². The van der Waals surface area contributed by atoms with E-state index in [0.29, 0.717) is 22.9 Å². The van der Waals surface area contributed by atoms with E-state index < -0.39 is 5.91 Å². The summed E-state index contributed by atoms with van der Waals surface area (Å²) in [5.74, 6) is 1.99. The number of hydrogen-bond acceptors (Lipinski definition) is 7. The maximum atomic E-state index is 12.5. The van der Waals surface area contributed by atoms with E-state index in [0.717, 1.165) is 11.3 Å². The van der Waals surface area contributed by atoms with Crippen molar-refractivity contribution in [2.45, 2.75) is 20.0 Å². The molecule has 3 rings (SSSR count). The Morgan fingerprint density at radius 2 is 1.68 bits per heavy atom. The summed E-state index contributed by atoms with van der Waals surface area (Å²) in [4.78, 5) is 21.0. The fourth-order valence-electron chi connectivity index (χ4n) is 2.71. The third-order valence-corrected chi connectivity index (χ3v) is 4.13. The third-order valence-electron chi connectivity index (χ3n) is 4.13. The van der Waals surface area contributed by atoms with Crippen molar-refractivity contribution >= 4 is 12.1 Å². The molecule has 8 heteroatoms. The molecule has 1 aromatic heterocycles. The summed E-state index contributed by atoms with van der Waals surface area (Å²) in [6.45, 7) is 3.93. The summed E-state index contributed by atoms with van der Waals surface area (Å²) in [6, 6.07) is 14.2. The van der Waals surface area contributed by atoms with Crippen LogP contribution >= 0.6 is 0 Å². The molecule has 0 unspecified atom stereocenters. The van der Waals surface area contributed by atoms with Crippen LogP contribution in [0.15, 0.2) is 59.8 Å². The van der Waals surface area contributed by atoms with Crippen LogP contribution in [0.4, 0.5) is 0 Å². The zero-order valence-electron chi connectivity index (χ0n) is 17.8. The first-order valence-corrected chi connectivity index (χ1v) is 9.65. The van der Waals surface area contributed by atoms with Crippen LogP contribution in [-0.2, 0) is 0 Å². The van der Waals surface area contributed by atoms with Gasteiger partial charge in [0.2, 0.25) is 0 Å². The second-order valence-electron chi connectivity index (χ2n) is 6.80. The highest BCUT2D eigenvalue weighted by molar-refractivity contribution is 5.93. The van der Waals surface area contributed by atoms with Gasteiger partial charge in [0.25, 0.3) is 5.91 Å². The molecule has 0 saturated heterocycles. The van der Waals surface area contributed by atoms with Crippen molar-refractivity contribution in [2.75, 3.05) is 14.2 Å². The van der Waals surface area contributed by atoms with Gasteiger partial charge >= 0.3 is 0 Å². The molecule has 1 amide bonds. The Morgan fingerprint density at radius 1 is 1.00 bits per heavy atom. The number of amides is 1. The monoisotopic (exact) mass is 420 g/mol. The predicted octanol–water partition coefficient (Wildman–Crippen LogP) is 3.71. The third kappa shape index (κ3) is 6.02. The molecule has 0 aliphatic rings. The second-order valence-corrected chi connectivity index (χ2v) is 6.80. The average Bonchev–Trinajstić information content (AvgIpc) is 2.79. The number of carbonyl (C=O) groups excluding carboxylic acids is 1. The molecule has 0 aliphatic heterocycles. The zero-order chi connectivity index (χ0) is 22.2. The maximum Gasteiger partial charge on any atom is 0.290 e. The number of carbonyl (C=O) groups is 1. The first kappa shape index (κ1) is 21.8. The first-order valence-electron chi connectivity index (χ1n) is 9.65. The molecule has 8 nitrogen and oxygen atoms in total. The highest BCUT2D eigenvalue weighted by Gasteiger charge is 2.10. The van der Waals surface area contributed by atoms with Gasteiger partial charge in [-0.25, -0.2) is 15.4 Å². The van der Waals surface area contributed by atoms with E-state index in [1.165, 1.54) is 18.5 Å². The van der Waals surface area contributed by atoms with Gasteiger partial charge in [0, 0.05) is 23.4 Å². The van der Waals surface area contributed by atoms with Crippen molar-refractivity contribution in [3.8, 4) is 28.6 Å². The molecule has 0 aliphatic carbocycles. The first-order chi connectivity index (χ1) is 15.0. The van der Waals surface area contributed by atoms with Gasteiger partial charge in [-0.1, -0.05) is 0 Å². The highest BCUT2D eigenvalue weighted by atomic mass is 16.5. The van der Waals surface area contributed by atoms with Gasteiger partial charge in [-0.2, -0.15) is 5.10 Å². The standard InChI is InChI=1S/C23H24N4O4/c1-15(2)31-18-7-5-17(6-8-18)22-24-10-9-21(26-22)23(28)27-25-14-16-11-19(29-3)13-20(12-16)30-4/h5-15H,1-4H3,(H,27,28)/b25-14+. The summed E-state index contributed by atoms with van der Waals surface area (Å²) in [7, 11) is 3.13. The Balaban J connectivity index is 1.70. The normalized spacial score (nSPS) is 10.9. The van der Waals surface area contributed by atoms with Gasteiger partial charge in [0.05, 0.1) is 26.5 Å². The van der Waals surface area contributed by atoms with E-state index >= 15 is 0 Å². The number of hydrazone groups is 1. The van der Waals surface area contributed by atoms with E-state index in [4.69, 9.17) is 14.2 Å². The van der Waals surface area contributed by atoms with Crippen LogP contribution in [0.25, 0.3) is 11.4 Å². The molecule has 0 fully saturated rings. The minimum Gasteiger partial charge on any atom is -0.497 e. The quantitative estimate of drug-likeness (QED) is 0.441. The Kier molecular flexibility index (Phi) is 7.16. The summed E-state index contributed by atoms with van der Waals surface area (Å²) >= 11 is 0. The van der Waals surface area contributed by atoms with E-state index in [2.05, 4.69) is 20.5 Å². The number of hydrogen-bond donors (Lipinski definition) is 1. The van der Waals surface area contributed by atoms with Gasteiger partial charge in [-0.05, 0) is 56.3 Å². The SMILES string of the molecule is COc1cc(/C=N/NC(=O)c2ccnc(-c3ccc(OC(C)C)cc3)n2)cc(OC)c1. The lowest BCUT2D eigenvalue weighted by atomic mass is 10.2. The lowest BCUT2D eigenvalue weighted by molar-refractivity contribution is 0.0950. The van der Waals surface area contributed by atoms with E-state index in [1.807, 2.05) is 38.1 Å². The van der Waals surface area contributed by atoms with E-state index in [9.17, 15) is 4.79 Å². The predicted molar refractivity (Wildman–Crippen MR) is 118 cm³/mol. The summed E-state index contributed by atoms with van der Waals surface area (Å²) < 4.78 is 16.1. The summed E-state index contributed by atoms with van der Waals surface area (Å²) in [5, 5.41) is 4.00. The number of aromatic nitrogens is 2. The van der Waals surface area contributed by atoms with Gasteiger partial charge in [0.15, 0.2) is 5.82 Å². The molecule has 0 radical (unpaired) electrons. The minimum absolute atomic E-state index is 0.0905. The Labute approximate surface area is 180 Å². The molecular weight excluding hydrogens is 396 g/mol. The molecule has 1 N–H and O–H groups in total. The molecule has 0 atom stereocenters. The van der Waals surface area contributed by atoms with Crippen molar-refractivity contribution in [2.24, 2.45) is 5.10 Å². The smallest absolute Gasteiger partial charge is 0.290 e. The second kappa shape index (κ2) is 10.2. The van der Waals surface area contributed by atoms with Gasteiger partial charge in [0.1, 0.15) is 22.9 Å². The van der Waals surface area contributed by atoms with Crippen LogP contribution in [0.2, 0.25) is 0 Å². The molecule has 0 bridgehead atoms. The van der Waals surface area contributed by atoms with Crippen molar-refractivity contribution in [3.63, 3.8) is 0 Å². The zero-order valence-corrected chi connectivity index (χ0v) is 17.8. The number of nitrogens with zero attached hydrogens (tertiary/aromatic N) is 3. The minimum atomic E-state index is -0.450. The van der Waals surface area contributed by atoms with Gasteiger partial charge in [-0.15, -0.1) is 0 Å². The van der Waals surface area contributed by atoms with E-state index in [1.54, 1.807) is 32.4 Å². The van der Waals surface area contributed by atoms with Crippen LogP contribution in [0.1, 0.15) is 29.9 Å². The lowest BCUT2D eigenvalue weighted by Crippen LogP contribution is -2.19. The van der Waals surface area contributed by atoms with Crippen LogP contribution in [0.3, 0.4) is 0 Å². The number of ether oxygens (including phenoxy) is 3. The molecule has 2 aromatic carbocycles. The van der Waals surface area contributed by atoms with Crippen LogP contribution < -0.4 is 19.6 Å². The largest absolute Gasteiger partial charge is 0.497 e. The summed E-state index contributed by atoms with van der Waals surface area (Å²) in [5.41, 5.74) is 4.16. The molecule has 1 heterocycles. The number of rotatable bonds is 8. The van der Waals surface area contributed by atoms with Crippen LogP contribution in [0, 0.1) is 0 Å². The molecule has 31 heavy (non-hydrogen) atoms. The van der Waals surface area contributed by atoms with Crippen molar-refractivity contribution < 1.29 is 19.0 Å². The van der Waals surface area contributed by atoms with Crippen LogP contribution in [-0.4, -0.2) is 42.4 Å². The molecule has 160 valence electrons. The maximum absolute atomic E-state index is 12.5. The van der Waals surface area contributed by atoms with Crippen molar-refractivity contribution in [1.29, 1.82) is 0 Å². The molecule has 3 aromatic rings. The van der Waals surface area contributed by atoms with Gasteiger partial charge in [-0.3, -0.25) is 4.79 Å². The molecular formula is C23H24N4O4. The Morgan fingerprint density at radius 3 is 2.29 bits per heavy atom. The number of nitrogens with one attached hydrogen (secondary N) is 1. The average molecular weight is 420 g/mol. The summed E-state index contributed by atoms with van der Waals surface area (Å²) in [6.07, 6.45) is 3.12. The van der Waals surface area contributed by atoms with Crippen molar-refractivity contribution in [1.82, 2.24) is 15.4 Å². The lowest BCUT2D eigenvalue weighted by Gasteiger charge is -2.10.